The molecular weight excluding hydrogens is 114 g/mol. The van der Waals surface area contributed by atoms with E-state index in [1.807, 2.05) is 6.92 Å². The monoisotopic (exact) mass is 125 g/mol. The van der Waals surface area contributed by atoms with Crippen LogP contribution in [0.1, 0.15) is 20.3 Å². The molecule has 0 radical (unpaired) electrons. The summed E-state index contributed by atoms with van der Waals surface area (Å²) in [7, 11) is 0. The van der Waals surface area contributed by atoms with Gasteiger partial charge in [-0.1, -0.05) is 6.92 Å². The lowest BCUT2D eigenvalue weighted by Gasteiger charge is -1.91. The molecule has 0 saturated carbocycles. The van der Waals surface area contributed by atoms with Crippen molar-refractivity contribution in [1.29, 1.82) is 0 Å². The molecule has 0 atom stereocenters. The molecule has 50 valence electrons. The van der Waals surface area contributed by atoms with Crippen LogP contribution in [-0.4, -0.2) is 12.5 Å². The van der Waals surface area contributed by atoms with E-state index in [-0.39, 0.29) is 5.91 Å². The number of carbonyl (C=O) groups excluding carboxylic acids is 1. The summed E-state index contributed by atoms with van der Waals surface area (Å²) in [4.78, 5) is 10.8. The number of hydrogen-bond acceptors (Lipinski definition) is 1. The van der Waals surface area contributed by atoms with Crippen LogP contribution >= 0.6 is 0 Å². The quantitative estimate of drug-likeness (QED) is 0.553. The normalized spacial score (nSPS) is 18.7. The summed E-state index contributed by atoms with van der Waals surface area (Å²) in [6.45, 7) is 4.71. The Balaban J connectivity index is 2.79. The number of carbonyl (C=O) groups is 1. The molecule has 0 fully saturated rings. The van der Waals surface area contributed by atoms with Crippen LogP contribution in [0.3, 0.4) is 0 Å². The predicted molar refractivity (Wildman–Crippen MR) is 36.0 cm³/mol. The smallest absolute Gasteiger partial charge is 0.247 e. The van der Waals surface area contributed by atoms with Crippen LogP contribution in [0.25, 0.3) is 0 Å². The van der Waals surface area contributed by atoms with Crippen LogP contribution in [0.15, 0.2) is 11.1 Å². The zero-order valence-corrected chi connectivity index (χ0v) is 5.82. The third-order valence-corrected chi connectivity index (χ3v) is 1.76. The molecule has 9 heavy (non-hydrogen) atoms. The predicted octanol–water partition coefficient (Wildman–Crippen LogP) is 0.843. The third-order valence-electron chi connectivity index (χ3n) is 1.76. The summed E-state index contributed by atoms with van der Waals surface area (Å²) in [5.41, 5.74) is 2.16. The van der Waals surface area contributed by atoms with Crippen LogP contribution in [0, 0.1) is 0 Å². The Morgan fingerprint density at radius 2 is 2.33 bits per heavy atom. The molecule has 0 spiro atoms. The van der Waals surface area contributed by atoms with Gasteiger partial charge in [-0.15, -0.1) is 0 Å². The average Bonchev–Trinajstić information content (AvgIpc) is 2.15. The van der Waals surface area contributed by atoms with E-state index in [0.29, 0.717) is 0 Å². The summed E-state index contributed by atoms with van der Waals surface area (Å²) in [6.07, 6.45) is 0.991. The van der Waals surface area contributed by atoms with Crippen molar-refractivity contribution in [1.82, 2.24) is 5.32 Å². The van der Waals surface area contributed by atoms with Crippen molar-refractivity contribution >= 4 is 5.91 Å². The van der Waals surface area contributed by atoms with Crippen LogP contribution in [-0.2, 0) is 4.79 Å². The Kier molecular flexibility index (Phi) is 1.56. The third kappa shape index (κ3) is 0.969. The molecular formula is C7H11NO. The number of nitrogens with one attached hydrogen (secondary N) is 1. The van der Waals surface area contributed by atoms with Crippen molar-refractivity contribution in [2.75, 3.05) is 6.54 Å². The molecule has 0 aromatic heterocycles. The summed E-state index contributed by atoms with van der Waals surface area (Å²) in [5, 5.41) is 2.76. The molecule has 0 aliphatic carbocycles. The van der Waals surface area contributed by atoms with E-state index in [9.17, 15) is 4.79 Å². The van der Waals surface area contributed by atoms with Crippen molar-refractivity contribution in [2.45, 2.75) is 20.3 Å². The summed E-state index contributed by atoms with van der Waals surface area (Å²) in [6, 6.07) is 0. The number of amides is 1. The topological polar surface area (TPSA) is 29.1 Å². The first kappa shape index (κ1) is 6.33. The van der Waals surface area contributed by atoms with Gasteiger partial charge in [0.2, 0.25) is 5.91 Å². The van der Waals surface area contributed by atoms with Crippen LogP contribution in [0.4, 0.5) is 0 Å². The van der Waals surface area contributed by atoms with Crippen LogP contribution in [0.2, 0.25) is 0 Å². The first-order valence-corrected chi connectivity index (χ1v) is 3.22. The maximum absolute atomic E-state index is 10.8. The van der Waals surface area contributed by atoms with Gasteiger partial charge in [0.25, 0.3) is 0 Å². The zero-order valence-electron chi connectivity index (χ0n) is 5.82. The summed E-state index contributed by atoms with van der Waals surface area (Å²) in [5.74, 6) is 0.104. The largest absolute Gasteiger partial charge is 0.349 e. The fraction of sp³-hybridized carbons (Fsp3) is 0.571. The SMILES string of the molecule is CCC1=C(C)C(=O)NC1. The molecule has 1 amide bonds. The lowest BCUT2D eigenvalue weighted by Crippen LogP contribution is -2.16. The van der Waals surface area contributed by atoms with Gasteiger partial charge in [-0.25, -0.2) is 0 Å². The number of hydrogen-bond donors (Lipinski definition) is 1. The molecule has 2 nitrogen and oxygen atoms in total. The van der Waals surface area contributed by atoms with Gasteiger partial charge >= 0.3 is 0 Å². The minimum absolute atomic E-state index is 0.104. The fourth-order valence-corrected chi connectivity index (χ4v) is 1.00. The van der Waals surface area contributed by atoms with Crippen molar-refractivity contribution in [3.63, 3.8) is 0 Å². The van der Waals surface area contributed by atoms with Gasteiger partial charge in [-0.3, -0.25) is 4.79 Å². The van der Waals surface area contributed by atoms with E-state index in [0.717, 1.165) is 18.5 Å². The average molecular weight is 125 g/mol. The van der Waals surface area contributed by atoms with Gasteiger partial charge in [-0.05, 0) is 18.9 Å². The lowest BCUT2D eigenvalue weighted by atomic mass is 10.1. The highest BCUT2D eigenvalue weighted by Gasteiger charge is 2.15. The Labute approximate surface area is 54.9 Å². The molecule has 1 N–H and O–H groups in total. The highest BCUT2D eigenvalue weighted by Crippen LogP contribution is 2.12. The zero-order chi connectivity index (χ0) is 6.85. The molecule has 1 aliphatic rings. The van der Waals surface area contributed by atoms with E-state index in [2.05, 4.69) is 12.2 Å². The van der Waals surface area contributed by atoms with Gasteiger partial charge in [0, 0.05) is 12.1 Å². The first-order valence-electron chi connectivity index (χ1n) is 3.22. The summed E-state index contributed by atoms with van der Waals surface area (Å²) >= 11 is 0. The van der Waals surface area contributed by atoms with Gasteiger partial charge in [0.1, 0.15) is 0 Å². The second-order valence-corrected chi connectivity index (χ2v) is 2.26. The van der Waals surface area contributed by atoms with E-state index < -0.39 is 0 Å². The fourth-order valence-electron chi connectivity index (χ4n) is 1.00. The minimum atomic E-state index is 0.104. The molecule has 0 bridgehead atoms. The minimum Gasteiger partial charge on any atom is -0.349 e. The second-order valence-electron chi connectivity index (χ2n) is 2.26. The van der Waals surface area contributed by atoms with E-state index in [1.165, 1.54) is 5.57 Å². The molecule has 1 heterocycles. The van der Waals surface area contributed by atoms with Gasteiger partial charge in [0.15, 0.2) is 0 Å². The molecule has 0 aromatic rings. The molecule has 0 aromatic carbocycles. The molecule has 0 unspecified atom stereocenters. The van der Waals surface area contributed by atoms with Crippen LogP contribution < -0.4 is 5.32 Å². The molecule has 1 rings (SSSR count). The Bertz CT molecular complexity index is 170. The molecule has 1 aliphatic heterocycles. The van der Waals surface area contributed by atoms with E-state index in [1.54, 1.807) is 0 Å². The van der Waals surface area contributed by atoms with Crippen molar-refractivity contribution < 1.29 is 4.79 Å². The van der Waals surface area contributed by atoms with E-state index in [4.69, 9.17) is 0 Å². The van der Waals surface area contributed by atoms with Crippen molar-refractivity contribution in [3.8, 4) is 0 Å². The molecule has 2 heteroatoms. The Morgan fingerprint density at radius 1 is 1.67 bits per heavy atom. The van der Waals surface area contributed by atoms with Gasteiger partial charge in [0.05, 0.1) is 0 Å². The second kappa shape index (κ2) is 2.21. The van der Waals surface area contributed by atoms with Crippen molar-refractivity contribution in [2.24, 2.45) is 0 Å². The van der Waals surface area contributed by atoms with Gasteiger partial charge in [-0.2, -0.15) is 0 Å². The highest BCUT2D eigenvalue weighted by atomic mass is 16.1. The van der Waals surface area contributed by atoms with Gasteiger partial charge < -0.3 is 5.32 Å². The van der Waals surface area contributed by atoms with Crippen LogP contribution in [0.5, 0.6) is 0 Å². The first-order chi connectivity index (χ1) is 4.25. The standard InChI is InChI=1S/C7H11NO/c1-3-6-4-8-7(9)5(6)2/h3-4H2,1-2H3,(H,8,9). The van der Waals surface area contributed by atoms with E-state index >= 15 is 0 Å². The maximum Gasteiger partial charge on any atom is 0.247 e. The Hall–Kier alpha value is -0.790. The molecule has 0 saturated heterocycles. The number of rotatable bonds is 1. The Morgan fingerprint density at radius 3 is 2.56 bits per heavy atom. The maximum atomic E-state index is 10.8. The lowest BCUT2D eigenvalue weighted by molar-refractivity contribution is -0.116. The highest BCUT2D eigenvalue weighted by molar-refractivity contribution is 5.96. The van der Waals surface area contributed by atoms with Crippen molar-refractivity contribution in [3.05, 3.63) is 11.1 Å². The summed E-state index contributed by atoms with van der Waals surface area (Å²) < 4.78 is 0.